The second-order valence-electron chi connectivity index (χ2n) is 6.78. The molecule has 2 aliphatic carbocycles. The van der Waals surface area contributed by atoms with Crippen molar-refractivity contribution in [1.29, 1.82) is 1.43 Å². The summed E-state index contributed by atoms with van der Waals surface area (Å²) in [5, 5.41) is 4.79. The molecule has 2 aliphatic heterocycles. The molecule has 2 bridgehead atoms. The van der Waals surface area contributed by atoms with Crippen molar-refractivity contribution in [2.45, 2.75) is 36.5 Å². The molecule has 4 aliphatic rings. The van der Waals surface area contributed by atoms with Crippen LogP contribution in [0.3, 0.4) is 0 Å². The maximum absolute atomic E-state index is 9.27. The van der Waals surface area contributed by atoms with Crippen LogP contribution in [-0.2, 0) is 11.8 Å². The predicted octanol–water partition coefficient (Wildman–Crippen LogP) is 1.50. The zero-order valence-electron chi connectivity index (χ0n) is 15.8. The molecule has 5 atom stereocenters. The summed E-state index contributed by atoms with van der Waals surface area (Å²) in [6.45, 7) is 0.823. The van der Waals surface area contributed by atoms with Gasteiger partial charge in [0.2, 0.25) is 1.43 Å². The molecule has 0 aromatic heterocycles. The molecule has 22 heavy (non-hydrogen) atoms. The summed E-state index contributed by atoms with van der Waals surface area (Å²) in [5.41, 5.74) is 1.45. The summed E-state index contributed by atoms with van der Waals surface area (Å²) in [6, 6.07) is 4.19. The second kappa shape index (κ2) is 4.06. The summed E-state index contributed by atoms with van der Waals surface area (Å²) in [6.07, 6.45) is 1.48. The number of hydrogen-bond acceptors (Lipinski definition) is 4. The van der Waals surface area contributed by atoms with Crippen molar-refractivity contribution in [1.82, 2.24) is 4.90 Å². The third-order valence-electron chi connectivity index (χ3n) is 6.00. The van der Waals surface area contributed by atoms with E-state index in [1.165, 1.54) is 6.08 Å². The Morgan fingerprint density at radius 1 is 1.50 bits per heavy atom. The van der Waals surface area contributed by atoms with E-state index in [0.29, 0.717) is 17.9 Å². The van der Waals surface area contributed by atoms with Crippen molar-refractivity contribution >= 4 is 0 Å². The minimum Gasteiger partial charge on any atom is -0.493 e. The van der Waals surface area contributed by atoms with Gasteiger partial charge in [-0.1, -0.05) is 18.2 Å². The molecule has 116 valence electrons. The molecule has 4 heteroatoms. The Morgan fingerprint density at radius 3 is 3.23 bits per heavy atom. The van der Waals surface area contributed by atoms with E-state index >= 15 is 0 Å². The summed E-state index contributed by atoms with van der Waals surface area (Å²) >= 11 is 0. The molecule has 4 nitrogen and oxygen atoms in total. The van der Waals surface area contributed by atoms with E-state index in [0.717, 1.165) is 24.1 Å². The number of hydrogen-bond donors (Lipinski definition) is 1. The van der Waals surface area contributed by atoms with Gasteiger partial charge in [-0.05, 0) is 38.1 Å². The lowest BCUT2D eigenvalue weighted by Gasteiger charge is -2.56. The average molecular weight is 302 g/mol. The molecule has 2 heterocycles. The minimum absolute atomic E-state index is 0.0539. The van der Waals surface area contributed by atoms with Crippen molar-refractivity contribution in [2.75, 3.05) is 20.7 Å². The summed E-state index contributed by atoms with van der Waals surface area (Å²) in [7, 11) is 3.70. The first kappa shape index (κ1) is 10.3. The van der Waals surface area contributed by atoms with E-state index in [2.05, 4.69) is 18.0 Å². The number of likely N-dealkylation sites (N-methyl/N-ethyl adjacent to an activating group) is 1. The third-order valence-corrected chi connectivity index (χ3v) is 6.00. The van der Waals surface area contributed by atoms with E-state index in [1.807, 2.05) is 12.1 Å². The highest BCUT2D eigenvalue weighted by molar-refractivity contribution is 5.62. The van der Waals surface area contributed by atoms with Crippen LogP contribution in [0.15, 0.2) is 24.3 Å². The molecule has 1 fully saturated rings. The van der Waals surface area contributed by atoms with Crippen LogP contribution in [0.25, 0.3) is 0 Å². The van der Waals surface area contributed by atoms with Crippen LogP contribution in [0.2, 0.25) is 0 Å². The fourth-order valence-corrected chi connectivity index (χ4v) is 5.01. The Hall–Kier alpha value is -1.52. The van der Waals surface area contributed by atoms with E-state index in [9.17, 15) is 1.37 Å². The number of methoxy groups -OCH3 is 1. The van der Waals surface area contributed by atoms with Crippen LogP contribution in [-0.4, -0.2) is 50.3 Å². The number of likely N-dealkylation sites (tertiary alicyclic amines) is 1. The van der Waals surface area contributed by atoms with Gasteiger partial charge in [-0.25, -0.2) is 0 Å². The lowest BCUT2D eigenvalue weighted by Crippen LogP contribution is -2.64. The summed E-state index contributed by atoms with van der Waals surface area (Å²) < 4.78 is 37.1. The topological polar surface area (TPSA) is 41.9 Å². The largest absolute Gasteiger partial charge is 0.493 e. The lowest BCUT2D eigenvalue weighted by molar-refractivity contribution is -0.0453. The fraction of sp³-hybridized carbons (Fsp3) is 0.556. The van der Waals surface area contributed by atoms with Crippen LogP contribution in [0.1, 0.15) is 20.3 Å². The van der Waals surface area contributed by atoms with E-state index in [-0.39, 0.29) is 12.0 Å². The highest BCUT2D eigenvalue weighted by Gasteiger charge is 2.64. The molecule has 2 unspecified atom stereocenters. The molecule has 0 amide bonds. The molecule has 1 N–H and O–H groups in total. The standard InChI is InChI=1S/C18H21NO3/c1-19-8-7-18-11-4-5-13(20)17(18)22-16-14(21-2)6-3-10(15(16)18)9-12(11)19/h3-6,11-13,17,20H,7-9H2,1-2H3/t11-,12+,13?,17?,18-/m0/s1/i13D,17D,20D. The SMILES string of the molecule is [2H]OC1([2H])C=C[C@H]2[C@H]3Cc4ccc(OC)c5c4[C@@]2(CCN3C)C1([2H])O5. The normalized spacial score (nSPS) is 49.6. The zero-order chi connectivity index (χ0) is 17.6. The monoisotopic (exact) mass is 302 g/mol. The van der Waals surface area contributed by atoms with E-state index in [4.69, 9.17) is 17.4 Å². The molecule has 1 spiro atoms. The highest BCUT2D eigenvalue weighted by atomic mass is 16.5. The van der Waals surface area contributed by atoms with Gasteiger partial charge in [0.15, 0.2) is 11.5 Å². The Labute approximate surface area is 134 Å². The van der Waals surface area contributed by atoms with Crippen molar-refractivity contribution in [3.05, 3.63) is 35.4 Å². The lowest BCUT2D eigenvalue weighted by atomic mass is 9.53. The summed E-state index contributed by atoms with van der Waals surface area (Å²) in [4.78, 5) is 2.34. The quantitative estimate of drug-likeness (QED) is 0.841. The zero-order valence-corrected chi connectivity index (χ0v) is 12.8. The molecule has 1 aromatic carbocycles. The van der Waals surface area contributed by atoms with Crippen LogP contribution >= 0.6 is 0 Å². The van der Waals surface area contributed by atoms with Gasteiger partial charge in [-0.15, -0.1) is 0 Å². The van der Waals surface area contributed by atoms with Crippen molar-refractivity contribution < 1.29 is 17.3 Å². The second-order valence-corrected chi connectivity index (χ2v) is 6.78. The van der Waals surface area contributed by atoms with Gasteiger partial charge in [0, 0.05) is 22.9 Å². The van der Waals surface area contributed by atoms with Crippen LogP contribution < -0.4 is 9.47 Å². The molecule has 1 saturated heterocycles. The van der Waals surface area contributed by atoms with Gasteiger partial charge >= 0.3 is 0 Å². The van der Waals surface area contributed by atoms with Gasteiger partial charge in [0.25, 0.3) is 0 Å². The fourth-order valence-electron chi connectivity index (χ4n) is 5.01. The van der Waals surface area contributed by atoms with Crippen LogP contribution in [0.4, 0.5) is 0 Å². The third kappa shape index (κ3) is 1.28. The molecule has 1 aromatic rings. The first-order valence-corrected chi connectivity index (χ1v) is 7.85. The van der Waals surface area contributed by atoms with Crippen molar-refractivity contribution in [3.63, 3.8) is 0 Å². The number of benzene rings is 1. The Bertz CT molecular complexity index is 802. The van der Waals surface area contributed by atoms with Gasteiger partial charge in [0.05, 0.1) is 9.85 Å². The maximum atomic E-state index is 9.27. The van der Waals surface area contributed by atoms with Crippen molar-refractivity contribution in [2.24, 2.45) is 5.92 Å². The molecular formula is C18H21NO3. The predicted molar refractivity (Wildman–Crippen MR) is 82.5 cm³/mol. The molecule has 5 rings (SSSR count). The average Bonchev–Trinajstić information content (AvgIpc) is 2.89. The molecular weight excluding hydrogens is 278 g/mol. The Kier molecular flexibility index (Phi) is 1.90. The number of nitrogens with zero attached hydrogens (tertiary/aromatic N) is 1. The maximum Gasteiger partial charge on any atom is 0.211 e. The number of piperidine rings is 1. The van der Waals surface area contributed by atoms with Crippen LogP contribution in [0, 0.1) is 5.92 Å². The Balaban J connectivity index is 1.87. The van der Waals surface area contributed by atoms with Crippen LogP contribution in [0.5, 0.6) is 11.5 Å². The van der Waals surface area contributed by atoms with Gasteiger partial charge in [-0.3, -0.25) is 0 Å². The smallest absolute Gasteiger partial charge is 0.211 e. The van der Waals surface area contributed by atoms with Gasteiger partial charge in [-0.2, -0.15) is 0 Å². The van der Waals surface area contributed by atoms with Gasteiger partial charge in [0.1, 0.15) is 12.2 Å². The summed E-state index contributed by atoms with van der Waals surface area (Å²) in [5.74, 6) is 1.19. The molecule has 0 saturated carbocycles. The first-order chi connectivity index (χ1) is 11.9. The molecule has 0 radical (unpaired) electrons. The first-order valence-electron chi connectivity index (χ1n) is 9.26. The van der Waals surface area contributed by atoms with E-state index in [1.54, 1.807) is 7.11 Å². The van der Waals surface area contributed by atoms with E-state index < -0.39 is 17.6 Å². The Morgan fingerprint density at radius 2 is 2.41 bits per heavy atom. The highest BCUT2D eigenvalue weighted by Crippen LogP contribution is 2.62. The number of rotatable bonds is 2. The van der Waals surface area contributed by atoms with Gasteiger partial charge < -0.3 is 19.5 Å². The minimum atomic E-state index is -1.89. The van der Waals surface area contributed by atoms with Crippen molar-refractivity contribution in [3.8, 4) is 11.5 Å². The number of aliphatic hydroxyl groups is 1. The number of ether oxygens (including phenoxy) is 2.